The highest BCUT2D eigenvalue weighted by molar-refractivity contribution is 6.75. The van der Waals surface area contributed by atoms with Crippen LogP contribution in [-0.4, -0.2) is 69.4 Å². The molecule has 9 nitrogen and oxygen atoms in total. The zero-order valence-corrected chi connectivity index (χ0v) is 37.3. The Kier molecular flexibility index (Phi) is 11.0. The number of anilines is 1. The van der Waals surface area contributed by atoms with E-state index in [4.69, 9.17) is 33.7 Å². The van der Waals surface area contributed by atoms with E-state index in [1.807, 2.05) is 6.08 Å². The van der Waals surface area contributed by atoms with Gasteiger partial charge in [-0.1, -0.05) is 105 Å². The molecule has 0 spiro atoms. The van der Waals surface area contributed by atoms with Crippen molar-refractivity contribution in [3.63, 3.8) is 0 Å². The Morgan fingerprint density at radius 1 is 0.750 bits per heavy atom. The third-order valence-electron chi connectivity index (χ3n) is 12.2. The maximum atomic E-state index is 7.46. The van der Waals surface area contributed by atoms with Crippen molar-refractivity contribution in [2.45, 2.75) is 141 Å². The summed E-state index contributed by atoms with van der Waals surface area (Å²) in [6.45, 7) is 34.6. The highest BCUT2D eigenvalue weighted by atomic mass is 28.4. The molecule has 1 aliphatic heterocycles. The number of hydrogen-bond donors (Lipinski definition) is 1. The minimum absolute atomic E-state index is 0.0332. The Hall–Kier alpha value is -2.72. The lowest BCUT2D eigenvalue weighted by molar-refractivity contribution is -0.0473. The first-order valence-electron chi connectivity index (χ1n) is 18.6. The zero-order chi connectivity index (χ0) is 38.7. The third kappa shape index (κ3) is 8.18. The standard InChI is InChI=1S/C40H63N5O4Si3/c1-38(2,3)50(10,11)46-25-30-33(48-51(12,13)39(4,5)6)34(49-52(14,15)40(7,8)9)37(47-30)45-31(44-32-35(41)42-26-43-36(32)45)23-21-27-20-22-28-18-16-17-19-29(28)24-27/h16-24,26,30,33-34,37H,25H2,1-15H3,(H2,41,42,43)/b23-21+/t30-,33-,34-,37-/m1/s1. The molecular formula is C40H63N5O4Si3. The number of nitrogens with zero attached hydrogens (tertiary/aromatic N) is 4. The number of nitrogens with two attached hydrogens (primary N) is 1. The molecule has 0 bridgehead atoms. The van der Waals surface area contributed by atoms with Crippen LogP contribution in [-0.2, 0) is 18.0 Å². The van der Waals surface area contributed by atoms with Gasteiger partial charge in [-0.25, -0.2) is 15.0 Å². The number of nitrogen functional groups attached to an aromatic ring is 1. The molecule has 3 heterocycles. The van der Waals surface area contributed by atoms with E-state index in [-0.39, 0.29) is 15.1 Å². The summed E-state index contributed by atoms with van der Waals surface area (Å²) in [5.74, 6) is 0.970. The normalized spacial score (nSPS) is 21.2. The van der Waals surface area contributed by atoms with Crippen LogP contribution < -0.4 is 5.73 Å². The summed E-state index contributed by atoms with van der Waals surface area (Å²) in [7, 11) is -6.86. The number of hydrogen-bond acceptors (Lipinski definition) is 8. The van der Waals surface area contributed by atoms with Gasteiger partial charge < -0.3 is 23.7 Å². The molecule has 1 fully saturated rings. The Bertz CT molecular complexity index is 1920. The van der Waals surface area contributed by atoms with Crippen LogP contribution in [0.25, 0.3) is 34.1 Å². The molecule has 1 saturated heterocycles. The molecule has 2 aromatic carbocycles. The van der Waals surface area contributed by atoms with Gasteiger partial charge in [-0.2, -0.15) is 0 Å². The second kappa shape index (κ2) is 14.2. The first-order chi connectivity index (χ1) is 23.8. The molecule has 0 unspecified atom stereocenters. The molecule has 0 amide bonds. The second-order valence-corrected chi connectivity index (χ2v) is 33.4. The second-order valence-electron chi connectivity index (χ2n) is 19.0. The van der Waals surface area contributed by atoms with E-state index in [9.17, 15) is 0 Å². The van der Waals surface area contributed by atoms with Gasteiger partial charge in [0, 0.05) is 0 Å². The Labute approximate surface area is 315 Å². The lowest BCUT2D eigenvalue weighted by Gasteiger charge is -2.44. The summed E-state index contributed by atoms with van der Waals surface area (Å²) in [6.07, 6.45) is 3.72. The molecule has 4 atom stereocenters. The van der Waals surface area contributed by atoms with Crippen molar-refractivity contribution in [1.29, 1.82) is 0 Å². The van der Waals surface area contributed by atoms with E-state index in [1.54, 1.807) is 0 Å². The number of imidazole rings is 1. The van der Waals surface area contributed by atoms with Crippen molar-refractivity contribution in [2.24, 2.45) is 0 Å². The van der Waals surface area contributed by atoms with Crippen LogP contribution >= 0.6 is 0 Å². The number of fused-ring (bicyclic) bond motifs is 2. The van der Waals surface area contributed by atoms with Gasteiger partial charge in [0.05, 0.1) is 6.61 Å². The lowest BCUT2D eigenvalue weighted by atomic mass is 10.1. The summed E-state index contributed by atoms with van der Waals surface area (Å²) in [5, 5.41) is 2.31. The monoisotopic (exact) mass is 761 g/mol. The van der Waals surface area contributed by atoms with Gasteiger partial charge in [-0.05, 0) is 82.9 Å². The molecular weight excluding hydrogens is 699 g/mol. The van der Waals surface area contributed by atoms with Crippen molar-refractivity contribution in [1.82, 2.24) is 19.5 Å². The fourth-order valence-corrected chi connectivity index (χ4v) is 9.27. The van der Waals surface area contributed by atoms with Crippen LogP contribution in [0, 0.1) is 0 Å². The van der Waals surface area contributed by atoms with Crippen LogP contribution in [0.1, 0.15) is 79.9 Å². The van der Waals surface area contributed by atoms with Crippen LogP contribution in [0.5, 0.6) is 0 Å². The minimum atomic E-state index is -2.39. The fourth-order valence-electron chi connectivity index (χ4n) is 5.65. The van der Waals surface area contributed by atoms with Crippen molar-refractivity contribution in [3.8, 4) is 0 Å². The van der Waals surface area contributed by atoms with Gasteiger partial charge in [0.1, 0.15) is 30.5 Å². The van der Waals surface area contributed by atoms with Crippen molar-refractivity contribution in [3.05, 3.63) is 60.2 Å². The highest BCUT2D eigenvalue weighted by Gasteiger charge is 2.55. The van der Waals surface area contributed by atoms with E-state index in [1.165, 1.54) is 17.1 Å². The average molecular weight is 762 g/mol. The number of benzene rings is 2. The number of aromatic nitrogens is 4. The van der Waals surface area contributed by atoms with E-state index in [0.717, 1.165) is 5.56 Å². The first-order valence-corrected chi connectivity index (χ1v) is 27.4. The van der Waals surface area contributed by atoms with Gasteiger partial charge in [0.2, 0.25) is 0 Å². The van der Waals surface area contributed by atoms with E-state index >= 15 is 0 Å². The van der Waals surface area contributed by atoms with Gasteiger partial charge >= 0.3 is 0 Å². The lowest BCUT2D eigenvalue weighted by Crippen LogP contribution is -2.54. The summed E-state index contributed by atoms with van der Waals surface area (Å²) in [5.41, 5.74) is 8.64. The molecule has 2 N–H and O–H groups in total. The summed E-state index contributed by atoms with van der Waals surface area (Å²) < 4.78 is 31.1. The molecule has 52 heavy (non-hydrogen) atoms. The Morgan fingerprint density at radius 3 is 1.92 bits per heavy atom. The van der Waals surface area contributed by atoms with Crippen molar-refractivity contribution >= 4 is 64.9 Å². The SMILES string of the molecule is CC(C)(C)[Si](C)(C)OC[C@H]1O[C@@H](n2c(/C=C/c3ccc4ccccc4c3)nc3c(N)ncnc32)[C@H](O[Si](C)(C)C(C)(C)C)[C@@H]1O[Si](C)(C)C(C)(C)C. The van der Waals surface area contributed by atoms with Crippen molar-refractivity contribution < 1.29 is 18.0 Å². The largest absolute Gasteiger partial charge is 0.414 e. The molecule has 284 valence electrons. The molecule has 0 radical (unpaired) electrons. The van der Waals surface area contributed by atoms with Crippen LogP contribution in [0.4, 0.5) is 5.82 Å². The fraction of sp³-hybridized carbons (Fsp3) is 0.575. The summed E-state index contributed by atoms with van der Waals surface area (Å²) in [4.78, 5) is 14.1. The molecule has 1 aliphatic rings. The molecule has 2 aromatic heterocycles. The maximum absolute atomic E-state index is 7.46. The predicted octanol–water partition coefficient (Wildman–Crippen LogP) is 10.4. The van der Waals surface area contributed by atoms with E-state index in [0.29, 0.717) is 29.4 Å². The molecule has 0 saturated carbocycles. The number of rotatable bonds is 10. The van der Waals surface area contributed by atoms with Gasteiger partial charge in [0.15, 0.2) is 48.2 Å². The van der Waals surface area contributed by atoms with Crippen LogP contribution in [0.2, 0.25) is 54.4 Å². The van der Waals surface area contributed by atoms with Gasteiger partial charge in [-0.15, -0.1) is 0 Å². The van der Waals surface area contributed by atoms with Crippen LogP contribution in [0.3, 0.4) is 0 Å². The molecule has 0 aliphatic carbocycles. The van der Waals surface area contributed by atoms with E-state index < -0.39 is 49.5 Å². The third-order valence-corrected chi connectivity index (χ3v) is 25.6. The predicted molar refractivity (Wildman–Crippen MR) is 224 cm³/mol. The minimum Gasteiger partial charge on any atom is -0.414 e. The number of ether oxygens (including phenoxy) is 1. The van der Waals surface area contributed by atoms with Crippen molar-refractivity contribution in [2.75, 3.05) is 12.3 Å². The molecule has 4 aromatic rings. The zero-order valence-electron chi connectivity index (χ0n) is 34.3. The Balaban J connectivity index is 1.69. The smallest absolute Gasteiger partial charge is 0.192 e. The first kappa shape index (κ1) is 40.5. The maximum Gasteiger partial charge on any atom is 0.192 e. The van der Waals surface area contributed by atoms with E-state index in [2.05, 4.69) is 160 Å². The van der Waals surface area contributed by atoms with Gasteiger partial charge in [0.25, 0.3) is 0 Å². The quantitative estimate of drug-likeness (QED) is 0.159. The molecule has 12 heteroatoms. The van der Waals surface area contributed by atoms with Gasteiger partial charge in [-0.3, -0.25) is 4.57 Å². The topological polar surface area (TPSA) is 107 Å². The summed E-state index contributed by atoms with van der Waals surface area (Å²) >= 11 is 0. The molecule has 5 rings (SSSR count). The summed E-state index contributed by atoms with van der Waals surface area (Å²) in [6, 6.07) is 14.8. The highest BCUT2D eigenvalue weighted by Crippen LogP contribution is 2.47. The average Bonchev–Trinajstić information content (AvgIpc) is 3.54. The Morgan fingerprint density at radius 2 is 1.33 bits per heavy atom. The van der Waals surface area contributed by atoms with Crippen LogP contribution in [0.15, 0.2) is 48.8 Å².